The molecule has 0 atom stereocenters. The van der Waals surface area contributed by atoms with Crippen molar-refractivity contribution in [2.45, 2.75) is 0 Å². The van der Waals surface area contributed by atoms with Crippen molar-refractivity contribution in [3.63, 3.8) is 0 Å². The van der Waals surface area contributed by atoms with E-state index in [1.807, 2.05) is 0 Å². The molecular formula is C14H11ClN2O4. The largest absolute Gasteiger partial charge is 0.465 e. The molecule has 108 valence electrons. The van der Waals surface area contributed by atoms with Gasteiger partial charge in [-0.05, 0) is 36.4 Å². The minimum absolute atomic E-state index is 0.117. The molecule has 0 saturated carbocycles. The second-order valence-corrected chi connectivity index (χ2v) is 4.55. The van der Waals surface area contributed by atoms with Gasteiger partial charge in [-0.25, -0.2) is 4.79 Å². The van der Waals surface area contributed by atoms with Gasteiger partial charge in [0.15, 0.2) is 0 Å². The van der Waals surface area contributed by atoms with Crippen molar-refractivity contribution in [3.8, 4) is 0 Å². The number of carbonyl (C=O) groups excluding carboxylic acids is 1. The molecule has 0 heterocycles. The Bertz CT molecular complexity index is 686. The first kappa shape index (κ1) is 14.8. The van der Waals surface area contributed by atoms with Crippen molar-refractivity contribution in [1.29, 1.82) is 0 Å². The third-order valence-electron chi connectivity index (χ3n) is 2.74. The van der Waals surface area contributed by atoms with Crippen molar-refractivity contribution in [2.75, 3.05) is 12.4 Å². The Morgan fingerprint density at radius 3 is 2.48 bits per heavy atom. The van der Waals surface area contributed by atoms with Gasteiger partial charge in [-0.15, -0.1) is 0 Å². The summed E-state index contributed by atoms with van der Waals surface area (Å²) in [7, 11) is 1.22. The highest BCUT2D eigenvalue weighted by atomic mass is 35.5. The Morgan fingerprint density at radius 2 is 1.90 bits per heavy atom. The van der Waals surface area contributed by atoms with Crippen LogP contribution in [-0.2, 0) is 4.74 Å². The van der Waals surface area contributed by atoms with Crippen LogP contribution in [0.4, 0.5) is 17.1 Å². The average molecular weight is 307 g/mol. The molecule has 21 heavy (non-hydrogen) atoms. The second kappa shape index (κ2) is 6.23. The molecule has 0 fully saturated rings. The van der Waals surface area contributed by atoms with Crippen molar-refractivity contribution < 1.29 is 14.5 Å². The van der Waals surface area contributed by atoms with Gasteiger partial charge in [0.25, 0.3) is 5.69 Å². The average Bonchev–Trinajstić information content (AvgIpc) is 2.49. The molecule has 2 aromatic carbocycles. The Labute approximate surface area is 125 Å². The van der Waals surface area contributed by atoms with Gasteiger partial charge in [-0.1, -0.05) is 11.6 Å². The van der Waals surface area contributed by atoms with Crippen molar-refractivity contribution in [1.82, 2.24) is 0 Å². The molecule has 0 bridgehead atoms. The minimum Gasteiger partial charge on any atom is -0.465 e. The number of methoxy groups -OCH3 is 1. The van der Waals surface area contributed by atoms with E-state index >= 15 is 0 Å². The number of esters is 1. The summed E-state index contributed by atoms with van der Waals surface area (Å²) in [5.74, 6) is -0.629. The lowest BCUT2D eigenvalue weighted by Crippen LogP contribution is -2.04. The van der Waals surface area contributed by atoms with E-state index in [0.717, 1.165) is 0 Å². The van der Waals surface area contributed by atoms with Crippen molar-refractivity contribution in [3.05, 3.63) is 63.2 Å². The summed E-state index contributed by atoms with van der Waals surface area (Å²) in [6, 6.07) is 10.8. The van der Waals surface area contributed by atoms with Crippen molar-refractivity contribution >= 4 is 34.6 Å². The van der Waals surface area contributed by atoms with Crippen LogP contribution < -0.4 is 5.32 Å². The zero-order chi connectivity index (χ0) is 15.4. The van der Waals surface area contributed by atoms with Crippen LogP contribution in [0.5, 0.6) is 0 Å². The SMILES string of the molecule is COC(=O)c1ccc(Nc2ccc(Cl)cc2)c([N+](=O)[O-])c1. The fourth-order valence-electron chi connectivity index (χ4n) is 1.72. The standard InChI is InChI=1S/C14H11ClN2O4/c1-21-14(18)9-2-7-12(13(8-9)17(19)20)16-11-5-3-10(15)4-6-11/h2-8,16H,1H3. The Morgan fingerprint density at radius 1 is 1.24 bits per heavy atom. The molecule has 0 amide bonds. The van der Waals surface area contributed by atoms with Gasteiger partial charge in [-0.2, -0.15) is 0 Å². The topological polar surface area (TPSA) is 81.5 Å². The van der Waals surface area contributed by atoms with E-state index in [2.05, 4.69) is 10.1 Å². The van der Waals surface area contributed by atoms with Gasteiger partial charge in [0, 0.05) is 16.8 Å². The maximum Gasteiger partial charge on any atom is 0.338 e. The Kier molecular flexibility index (Phi) is 4.39. The number of halogens is 1. The Balaban J connectivity index is 2.36. The fraction of sp³-hybridized carbons (Fsp3) is 0.0714. The van der Waals surface area contributed by atoms with Gasteiger partial charge in [-0.3, -0.25) is 10.1 Å². The van der Waals surface area contributed by atoms with Crippen LogP contribution in [0, 0.1) is 10.1 Å². The minimum atomic E-state index is -0.629. The highest BCUT2D eigenvalue weighted by molar-refractivity contribution is 6.30. The quantitative estimate of drug-likeness (QED) is 0.528. The molecule has 2 rings (SSSR count). The summed E-state index contributed by atoms with van der Waals surface area (Å²) < 4.78 is 4.55. The fourth-order valence-corrected chi connectivity index (χ4v) is 1.85. The normalized spacial score (nSPS) is 10.0. The molecule has 0 radical (unpaired) electrons. The maximum atomic E-state index is 11.4. The van der Waals surface area contributed by atoms with Crippen LogP contribution in [0.1, 0.15) is 10.4 Å². The molecule has 0 unspecified atom stereocenters. The van der Waals surface area contributed by atoms with E-state index in [0.29, 0.717) is 10.7 Å². The summed E-state index contributed by atoms with van der Waals surface area (Å²) in [4.78, 5) is 22.0. The molecule has 2 aromatic rings. The summed E-state index contributed by atoms with van der Waals surface area (Å²) in [6.45, 7) is 0. The molecular weight excluding hydrogens is 296 g/mol. The first-order chi connectivity index (χ1) is 10.0. The van der Waals surface area contributed by atoms with E-state index in [-0.39, 0.29) is 16.9 Å². The third kappa shape index (κ3) is 3.49. The summed E-state index contributed by atoms with van der Waals surface area (Å²) in [6.07, 6.45) is 0. The number of nitro groups is 1. The smallest absolute Gasteiger partial charge is 0.338 e. The van der Waals surface area contributed by atoms with Crippen LogP contribution in [0.2, 0.25) is 5.02 Å². The van der Waals surface area contributed by atoms with E-state index in [1.54, 1.807) is 24.3 Å². The van der Waals surface area contributed by atoms with E-state index in [9.17, 15) is 14.9 Å². The van der Waals surface area contributed by atoms with Crippen LogP contribution in [0.3, 0.4) is 0 Å². The zero-order valence-electron chi connectivity index (χ0n) is 11.0. The van der Waals surface area contributed by atoms with E-state index < -0.39 is 10.9 Å². The predicted octanol–water partition coefficient (Wildman–Crippen LogP) is 3.78. The van der Waals surface area contributed by atoms with Gasteiger partial charge < -0.3 is 10.1 Å². The van der Waals surface area contributed by atoms with Crippen LogP contribution in [-0.4, -0.2) is 18.0 Å². The van der Waals surface area contributed by atoms with Gasteiger partial charge in [0.2, 0.25) is 0 Å². The highest BCUT2D eigenvalue weighted by Crippen LogP contribution is 2.29. The van der Waals surface area contributed by atoms with Crippen LogP contribution >= 0.6 is 11.6 Å². The number of rotatable bonds is 4. The molecule has 0 aliphatic carbocycles. The number of anilines is 2. The maximum absolute atomic E-state index is 11.4. The molecule has 1 N–H and O–H groups in total. The molecule has 0 spiro atoms. The lowest BCUT2D eigenvalue weighted by atomic mass is 10.1. The molecule has 0 aliphatic rings. The first-order valence-corrected chi connectivity index (χ1v) is 6.28. The van der Waals surface area contributed by atoms with Crippen molar-refractivity contribution in [2.24, 2.45) is 0 Å². The number of carbonyl (C=O) groups is 1. The summed E-state index contributed by atoms with van der Waals surface area (Å²) in [5.41, 5.74) is 0.821. The predicted molar refractivity (Wildman–Crippen MR) is 79.2 cm³/mol. The number of hydrogen-bond acceptors (Lipinski definition) is 5. The van der Waals surface area contributed by atoms with Crippen LogP contribution in [0.25, 0.3) is 0 Å². The molecule has 0 aliphatic heterocycles. The monoisotopic (exact) mass is 306 g/mol. The molecule has 0 aromatic heterocycles. The number of ether oxygens (including phenoxy) is 1. The molecule has 7 heteroatoms. The Hall–Kier alpha value is -2.60. The van der Waals surface area contributed by atoms with Gasteiger partial charge in [0.05, 0.1) is 17.6 Å². The zero-order valence-corrected chi connectivity index (χ0v) is 11.8. The molecule has 0 saturated heterocycles. The lowest BCUT2D eigenvalue weighted by molar-refractivity contribution is -0.383. The number of benzene rings is 2. The van der Waals surface area contributed by atoms with E-state index in [1.165, 1.54) is 25.3 Å². The first-order valence-electron chi connectivity index (χ1n) is 5.90. The lowest BCUT2D eigenvalue weighted by Gasteiger charge is -2.08. The summed E-state index contributed by atoms with van der Waals surface area (Å²) in [5, 5.41) is 14.6. The van der Waals surface area contributed by atoms with Crippen LogP contribution in [0.15, 0.2) is 42.5 Å². The van der Waals surface area contributed by atoms with Gasteiger partial charge in [0.1, 0.15) is 5.69 Å². The molecule has 6 nitrogen and oxygen atoms in total. The number of nitrogens with one attached hydrogen (secondary N) is 1. The second-order valence-electron chi connectivity index (χ2n) is 4.11. The number of nitro benzene ring substituents is 1. The summed E-state index contributed by atoms with van der Waals surface area (Å²) >= 11 is 5.78. The number of nitrogens with zero attached hydrogens (tertiary/aromatic N) is 1. The highest BCUT2D eigenvalue weighted by Gasteiger charge is 2.18. The third-order valence-corrected chi connectivity index (χ3v) is 2.99. The number of hydrogen-bond donors (Lipinski definition) is 1. The van der Waals surface area contributed by atoms with E-state index in [4.69, 9.17) is 11.6 Å². The van der Waals surface area contributed by atoms with Gasteiger partial charge >= 0.3 is 5.97 Å².